The number of nitrogens with one attached hydrogen (secondary N) is 1. The maximum Gasteiger partial charge on any atom is 0.327 e. The van der Waals surface area contributed by atoms with Crippen molar-refractivity contribution in [1.29, 1.82) is 0 Å². The van der Waals surface area contributed by atoms with Crippen molar-refractivity contribution in [1.82, 2.24) is 14.1 Å². The number of benzene rings is 1. The summed E-state index contributed by atoms with van der Waals surface area (Å²) in [5, 5.41) is 2.59. The maximum absolute atomic E-state index is 12.9. The number of anilines is 1. The molecule has 2 aliphatic rings. The molecule has 4 amide bonds. The summed E-state index contributed by atoms with van der Waals surface area (Å²) in [6.07, 6.45) is 1.01. The van der Waals surface area contributed by atoms with Crippen LogP contribution in [0.25, 0.3) is 0 Å². The van der Waals surface area contributed by atoms with Crippen LogP contribution in [0.1, 0.15) is 20.3 Å². The lowest BCUT2D eigenvalue weighted by Gasteiger charge is -2.34. The summed E-state index contributed by atoms with van der Waals surface area (Å²) in [5.74, 6) is -0.348. The molecule has 10 heteroatoms. The van der Waals surface area contributed by atoms with Crippen molar-refractivity contribution < 1.29 is 22.8 Å². The number of likely N-dealkylation sites (N-methyl/N-ethyl adjacent to an activating group) is 1. The number of nitrogens with zero attached hydrogens (tertiary/aromatic N) is 3. The molecule has 3 rings (SSSR count). The minimum atomic E-state index is -3.59. The van der Waals surface area contributed by atoms with Crippen LogP contribution in [0, 0.1) is 11.8 Å². The van der Waals surface area contributed by atoms with E-state index < -0.39 is 27.9 Å². The Morgan fingerprint density at radius 2 is 1.69 bits per heavy atom. The highest BCUT2D eigenvalue weighted by Gasteiger charge is 2.35. The molecule has 29 heavy (non-hydrogen) atoms. The second-order valence-electron chi connectivity index (χ2n) is 7.96. The van der Waals surface area contributed by atoms with Crippen LogP contribution < -0.4 is 5.32 Å². The molecule has 158 valence electrons. The molecule has 0 radical (unpaired) electrons. The molecule has 0 aromatic heterocycles. The van der Waals surface area contributed by atoms with Crippen LogP contribution in [0.5, 0.6) is 0 Å². The standard InChI is InChI=1S/C19H26N4O5S/c1-13-8-14(2)10-22(9-13)29(27,28)16-6-4-15(5-7-16)20-17(24)11-23-18(25)12-21(3)19(23)26/h4-7,13-14H,8-12H2,1-3H3,(H,20,24)/t13-,14-/m1/s1. The highest BCUT2D eigenvalue weighted by Crippen LogP contribution is 2.27. The normalized spacial score (nSPS) is 23.6. The largest absolute Gasteiger partial charge is 0.327 e. The molecule has 0 saturated carbocycles. The monoisotopic (exact) mass is 422 g/mol. The fourth-order valence-electron chi connectivity index (χ4n) is 3.83. The first-order valence-corrected chi connectivity index (χ1v) is 11.0. The van der Waals surface area contributed by atoms with Crippen LogP contribution >= 0.6 is 0 Å². The average Bonchev–Trinajstić information content (AvgIpc) is 2.87. The first kappa shape index (κ1) is 21.3. The van der Waals surface area contributed by atoms with Gasteiger partial charge in [-0.25, -0.2) is 13.2 Å². The number of urea groups is 1. The Bertz CT molecular complexity index is 905. The van der Waals surface area contributed by atoms with Crippen LogP contribution in [-0.2, 0) is 19.6 Å². The minimum Gasteiger partial charge on any atom is -0.325 e. The Labute approximate surface area is 170 Å². The maximum atomic E-state index is 12.9. The van der Waals surface area contributed by atoms with Gasteiger partial charge in [-0.15, -0.1) is 0 Å². The van der Waals surface area contributed by atoms with Gasteiger partial charge in [0.25, 0.3) is 5.91 Å². The zero-order valence-electron chi connectivity index (χ0n) is 16.8. The topological polar surface area (TPSA) is 107 Å². The Morgan fingerprint density at radius 1 is 1.10 bits per heavy atom. The summed E-state index contributed by atoms with van der Waals surface area (Å²) in [5.41, 5.74) is 0.391. The van der Waals surface area contributed by atoms with E-state index in [0.717, 1.165) is 11.3 Å². The van der Waals surface area contributed by atoms with E-state index in [1.54, 1.807) is 0 Å². The zero-order valence-corrected chi connectivity index (χ0v) is 17.6. The van der Waals surface area contributed by atoms with Gasteiger partial charge in [0, 0.05) is 25.8 Å². The third-order valence-corrected chi connectivity index (χ3v) is 6.99. The van der Waals surface area contributed by atoms with Gasteiger partial charge in [-0.1, -0.05) is 13.8 Å². The molecule has 0 bridgehead atoms. The van der Waals surface area contributed by atoms with E-state index >= 15 is 0 Å². The lowest BCUT2D eigenvalue weighted by atomic mass is 9.94. The number of hydrogen-bond acceptors (Lipinski definition) is 5. The summed E-state index contributed by atoms with van der Waals surface area (Å²) < 4.78 is 27.3. The molecule has 0 spiro atoms. The smallest absolute Gasteiger partial charge is 0.325 e. The van der Waals surface area contributed by atoms with Crippen LogP contribution in [0.3, 0.4) is 0 Å². The van der Waals surface area contributed by atoms with Gasteiger partial charge in [-0.2, -0.15) is 4.31 Å². The summed E-state index contributed by atoms with van der Waals surface area (Å²) in [6, 6.07) is 5.39. The fourth-order valence-corrected chi connectivity index (χ4v) is 5.51. The Kier molecular flexibility index (Phi) is 5.95. The first-order valence-electron chi connectivity index (χ1n) is 9.53. The predicted octanol–water partition coefficient (Wildman–Crippen LogP) is 1.19. The quantitative estimate of drug-likeness (QED) is 0.717. The lowest BCUT2D eigenvalue weighted by molar-refractivity contribution is -0.129. The third kappa shape index (κ3) is 4.59. The molecule has 1 aromatic carbocycles. The first-order chi connectivity index (χ1) is 13.6. The van der Waals surface area contributed by atoms with Gasteiger partial charge >= 0.3 is 6.03 Å². The molecular formula is C19H26N4O5S. The number of amides is 4. The van der Waals surface area contributed by atoms with Gasteiger partial charge in [-0.3, -0.25) is 14.5 Å². The van der Waals surface area contributed by atoms with Gasteiger partial charge < -0.3 is 10.2 Å². The molecule has 2 atom stereocenters. The van der Waals surface area contributed by atoms with Crippen LogP contribution in [0.15, 0.2) is 29.2 Å². The number of imide groups is 1. The van der Waals surface area contributed by atoms with Crippen molar-refractivity contribution in [3.05, 3.63) is 24.3 Å². The van der Waals surface area contributed by atoms with E-state index in [1.165, 1.54) is 40.5 Å². The van der Waals surface area contributed by atoms with E-state index in [-0.39, 0.29) is 18.0 Å². The molecule has 2 aliphatic heterocycles. The molecule has 0 aliphatic carbocycles. The fraction of sp³-hybridized carbons (Fsp3) is 0.526. The lowest BCUT2D eigenvalue weighted by Crippen LogP contribution is -2.42. The molecule has 9 nitrogen and oxygen atoms in total. The summed E-state index contributed by atoms with van der Waals surface area (Å²) in [4.78, 5) is 38.0. The van der Waals surface area contributed by atoms with Gasteiger partial charge in [0.2, 0.25) is 15.9 Å². The number of carbonyl (C=O) groups excluding carboxylic acids is 3. The molecule has 0 unspecified atom stereocenters. The van der Waals surface area contributed by atoms with Crippen molar-refractivity contribution in [3.8, 4) is 0 Å². The number of carbonyl (C=O) groups is 3. The Morgan fingerprint density at radius 3 is 2.21 bits per heavy atom. The summed E-state index contributed by atoms with van der Waals surface area (Å²) >= 11 is 0. The van der Waals surface area contributed by atoms with E-state index in [1.807, 2.05) is 13.8 Å². The summed E-state index contributed by atoms with van der Waals surface area (Å²) in [7, 11) is -2.11. The Hall–Kier alpha value is -2.46. The molecular weight excluding hydrogens is 396 g/mol. The van der Waals surface area contributed by atoms with Crippen molar-refractivity contribution in [2.75, 3.05) is 38.5 Å². The van der Waals surface area contributed by atoms with E-state index in [4.69, 9.17) is 0 Å². The molecule has 1 N–H and O–H groups in total. The van der Waals surface area contributed by atoms with Crippen LogP contribution in [0.4, 0.5) is 10.5 Å². The van der Waals surface area contributed by atoms with E-state index in [2.05, 4.69) is 5.32 Å². The third-order valence-electron chi connectivity index (χ3n) is 5.14. The van der Waals surface area contributed by atoms with Gasteiger partial charge in [0.15, 0.2) is 0 Å². The second kappa shape index (κ2) is 8.11. The number of piperidine rings is 1. The van der Waals surface area contributed by atoms with Gasteiger partial charge in [0.05, 0.1) is 4.90 Å². The highest BCUT2D eigenvalue weighted by atomic mass is 32.2. The van der Waals surface area contributed by atoms with Crippen molar-refractivity contribution in [2.45, 2.75) is 25.2 Å². The van der Waals surface area contributed by atoms with Crippen molar-refractivity contribution >= 4 is 33.6 Å². The molecule has 2 fully saturated rings. The Balaban J connectivity index is 1.65. The number of sulfonamides is 1. The highest BCUT2D eigenvalue weighted by molar-refractivity contribution is 7.89. The van der Waals surface area contributed by atoms with Crippen molar-refractivity contribution in [2.24, 2.45) is 11.8 Å². The molecule has 2 heterocycles. The van der Waals surface area contributed by atoms with Gasteiger partial charge in [0.1, 0.15) is 13.1 Å². The zero-order chi connectivity index (χ0) is 21.3. The van der Waals surface area contributed by atoms with Crippen LogP contribution in [0.2, 0.25) is 0 Å². The second-order valence-corrected chi connectivity index (χ2v) is 9.90. The predicted molar refractivity (Wildman–Crippen MR) is 107 cm³/mol. The minimum absolute atomic E-state index is 0.0492. The molecule has 1 aromatic rings. The number of hydrogen-bond donors (Lipinski definition) is 1. The van der Waals surface area contributed by atoms with Gasteiger partial charge in [-0.05, 0) is 42.5 Å². The van der Waals surface area contributed by atoms with E-state index in [9.17, 15) is 22.8 Å². The molecule has 2 saturated heterocycles. The average molecular weight is 423 g/mol. The van der Waals surface area contributed by atoms with Crippen LogP contribution in [-0.4, -0.2) is 73.6 Å². The van der Waals surface area contributed by atoms with Crippen molar-refractivity contribution in [3.63, 3.8) is 0 Å². The SMILES string of the molecule is C[C@@H]1C[C@@H](C)CN(S(=O)(=O)c2ccc(NC(=O)CN3C(=O)CN(C)C3=O)cc2)C1. The van der Waals surface area contributed by atoms with E-state index in [0.29, 0.717) is 30.6 Å². The number of rotatable bonds is 5. The summed E-state index contributed by atoms with van der Waals surface area (Å²) in [6.45, 7) is 4.65.